The summed E-state index contributed by atoms with van der Waals surface area (Å²) in [6.45, 7) is 2.79. The zero-order chi connectivity index (χ0) is 12.4. The van der Waals surface area contributed by atoms with Gasteiger partial charge in [0.1, 0.15) is 11.8 Å². The summed E-state index contributed by atoms with van der Waals surface area (Å²) >= 11 is 9.47. The first-order chi connectivity index (χ1) is 8.17. The smallest absolute Gasteiger partial charge is 0.169 e. The Morgan fingerprint density at radius 1 is 1.59 bits per heavy atom. The van der Waals surface area contributed by atoms with Crippen LogP contribution in [0.1, 0.15) is 24.4 Å². The molecule has 0 fully saturated rings. The molecule has 2 aromatic rings. The summed E-state index contributed by atoms with van der Waals surface area (Å²) in [5, 5.41) is 8.05. The molecule has 2 heterocycles. The van der Waals surface area contributed by atoms with E-state index in [9.17, 15) is 0 Å². The fourth-order valence-corrected chi connectivity index (χ4v) is 2.38. The third-order valence-corrected chi connectivity index (χ3v) is 3.29. The quantitative estimate of drug-likeness (QED) is 0.941. The maximum Gasteiger partial charge on any atom is 0.169 e. The molecule has 0 radical (unpaired) electrons. The normalized spacial score (nSPS) is 12.9. The Balaban J connectivity index is 2.44. The Labute approximate surface area is 113 Å². The highest BCUT2D eigenvalue weighted by Gasteiger charge is 2.22. The summed E-state index contributed by atoms with van der Waals surface area (Å²) in [5.41, 5.74) is 0.915. The van der Waals surface area contributed by atoms with Crippen LogP contribution in [0.15, 0.2) is 27.4 Å². The Morgan fingerprint density at radius 2 is 2.35 bits per heavy atom. The number of furan rings is 1. The molecular weight excluding hydrogens is 305 g/mol. The summed E-state index contributed by atoms with van der Waals surface area (Å²) in [7, 11) is 1.87. The average molecular weight is 319 g/mol. The summed E-state index contributed by atoms with van der Waals surface area (Å²) in [6.07, 6.45) is 1.66. The van der Waals surface area contributed by atoms with E-state index in [2.05, 4.69) is 26.3 Å². The van der Waals surface area contributed by atoms with Crippen LogP contribution in [-0.4, -0.2) is 16.8 Å². The summed E-state index contributed by atoms with van der Waals surface area (Å²) < 4.78 is 8.13. The van der Waals surface area contributed by atoms with Gasteiger partial charge in [-0.2, -0.15) is 5.10 Å². The predicted octanol–water partition coefficient (Wildman–Crippen LogP) is 3.22. The molecule has 0 aliphatic rings. The van der Waals surface area contributed by atoms with Crippen LogP contribution in [0.4, 0.5) is 0 Å². The highest BCUT2D eigenvalue weighted by molar-refractivity contribution is 9.10. The molecule has 1 atom stereocenters. The third-order valence-electron chi connectivity index (χ3n) is 2.57. The van der Waals surface area contributed by atoms with Gasteiger partial charge in [-0.05, 0) is 42.0 Å². The molecule has 0 bridgehead atoms. The molecule has 17 heavy (non-hydrogen) atoms. The van der Waals surface area contributed by atoms with E-state index >= 15 is 0 Å². The molecular formula is C11H13BrClN3O. The van der Waals surface area contributed by atoms with Gasteiger partial charge in [0.15, 0.2) is 4.67 Å². The van der Waals surface area contributed by atoms with Gasteiger partial charge in [-0.3, -0.25) is 4.68 Å². The van der Waals surface area contributed by atoms with E-state index in [1.807, 2.05) is 30.8 Å². The minimum atomic E-state index is -0.101. The lowest BCUT2D eigenvalue weighted by molar-refractivity contribution is 0.431. The van der Waals surface area contributed by atoms with Crippen LogP contribution in [0.5, 0.6) is 0 Å². The van der Waals surface area contributed by atoms with Gasteiger partial charge in [-0.25, -0.2) is 0 Å². The van der Waals surface area contributed by atoms with E-state index in [1.165, 1.54) is 0 Å². The standard InChI is InChI=1S/C11H13BrClN3O/c1-3-16-11(7(13)6-15-16)10(14-2)8-4-5-9(12)17-8/h4-6,10,14H,3H2,1-2H3. The first kappa shape index (κ1) is 12.7. The van der Waals surface area contributed by atoms with Gasteiger partial charge in [-0.1, -0.05) is 11.6 Å². The molecule has 0 aliphatic heterocycles. The topological polar surface area (TPSA) is 43.0 Å². The monoisotopic (exact) mass is 317 g/mol. The zero-order valence-electron chi connectivity index (χ0n) is 9.58. The Hall–Kier alpha value is -0.780. The lowest BCUT2D eigenvalue weighted by atomic mass is 10.1. The fourth-order valence-electron chi connectivity index (χ4n) is 1.81. The first-order valence-corrected chi connectivity index (χ1v) is 6.48. The van der Waals surface area contributed by atoms with Crippen molar-refractivity contribution >= 4 is 27.5 Å². The first-order valence-electron chi connectivity index (χ1n) is 5.31. The maximum absolute atomic E-state index is 6.18. The van der Waals surface area contributed by atoms with E-state index in [4.69, 9.17) is 16.0 Å². The van der Waals surface area contributed by atoms with E-state index in [-0.39, 0.29) is 6.04 Å². The molecule has 1 unspecified atom stereocenters. The lowest BCUT2D eigenvalue weighted by Crippen LogP contribution is -2.21. The van der Waals surface area contributed by atoms with Crippen LogP contribution >= 0.6 is 27.5 Å². The number of halogens is 2. The third kappa shape index (κ3) is 2.41. The molecule has 0 saturated heterocycles. The molecule has 92 valence electrons. The molecule has 0 saturated carbocycles. The van der Waals surface area contributed by atoms with Crippen LogP contribution in [0.25, 0.3) is 0 Å². The van der Waals surface area contributed by atoms with E-state index in [1.54, 1.807) is 6.20 Å². The summed E-state index contributed by atoms with van der Waals surface area (Å²) in [6, 6.07) is 3.67. The molecule has 0 amide bonds. The minimum Gasteiger partial charge on any atom is -0.452 e. The van der Waals surface area contributed by atoms with Gasteiger partial charge in [0.2, 0.25) is 0 Å². The van der Waals surface area contributed by atoms with E-state index in [0.717, 1.165) is 18.0 Å². The summed E-state index contributed by atoms with van der Waals surface area (Å²) in [5.74, 6) is 0.802. The largest absolute Gasteiger partial charge is 0.452 e. The number of rotatable bonds is 4. The number of nitrogens with one attached hydrogen (secondary N) is 1. The Kier molecular flexibility index (Phi) is 3.91. The van der Waals surface area contributed by atoms with Crippen molar-refractivity contribution in [2.75, 3.05) is 7.05 Å². The number of aryl methyl sites for hydroxylation is 1. The van der Waals surface area contributed by atoms with Crippen molar-refractivity contribution in [3.05, 3.63) is 39.5 Å². The number of nitrogens with zero attached hydrogens (tertiary/aromatic N) is 2. The van der Waals surface area contributed by atoms with Gasteiger partial charge >= 0.3 is 0 Å². The molecule has 2 aromatic heterocycles. The van der Waals surface area contributed by atoms with Crippen molar-refractivity contribution < 1.29 is 4.42 Å². The van der Waals surface area contributed by atoms with Gasteiger partial charge in [0.25, 0.3) is 0 Å². The molecule has 6 heteroatoms. The number of hydrogen-bond donors (Lipinski definition) is 1. The highest BCUT2D eigenvalue weighted by Crippen LogP contribution is 2.30. The van der Waals surface area contributed by atoms with Crippen molar-refractivity contribution in [1.29, 1.82) is 0 Å². The minimum absolute atomic E-state index is 0.101. The van der Waals surface area contributed by atoms with Gasteiger partial charge in [0.05, 0.1) is 16.9 Å². The van der Waals surface area contributed by atoms with Crippen LogP contribution in [0.2, 0.25) is 5.02 Å². The van der Waals surface area contributed by atoms with Crippen molar-refractivity contribution in [3.63, 3.8) is 0 Å². The maximum atomic E-state index is 6.18. The number of hydrogen-bond acceptors (Lipinski definition) is 3. The molecule has 4 nitrogen and oxygen atoms in total. The van der Waals surface area contributed by atoms with E-state index < -0.39 is 0 Å². The van der Waals surface area contributed by atoms with Crippen molar-refractivity contribution in [3.8, 4) is 0 Å². The van der Waals surface area contributed by atoms with Crippen LogP contribution in [0, 0.1) is 0 Å². The fraction of sp³-hybridized carbons (Fsp3) is 0.364. The molecule has 1 N–H and O–H groups in total. The van der Waals surface area contributed by atoms with Crippen molar-refractivity contribution in [2.45, 2.75) is 19.5 Å². The van der Waals surface area contributed by atoms with E-state index in [0.29, 0.717) is 9.69 Å². The molecule has 2 rings (SSSR count). The van der Waals surface area contributed by atoms with Gasteiger partial charge in [-0.15, -0.1) is 0 Å². The van der Waals surface area contributed by atoms with Crippen molar-refractivity contribution in [2.24, 2.45) is 0 Å². The molecule has 0 aromatic carbocycles. The lowest BCUT2D eigenvalue weighted by Gasteiger charge is -2.15. The highest BCUT2D eigenvalue weighted by atomic mass is 79.9. The predicted molar refractivity (Wildman–Crippen MR) is 70.2 cm³/mol. The summed E-state index contributed by atoms with van der Waals surface area (Å²) in [4.78, 5) is 0. The average Bonchev–Trinajstić information content (AvgIpc) is 2.89. The molecule has 0 aliphatic carbocycles. The second kappa shape index (κ2) is 5.25. The second-order valence-electron chi connectivity index (χ2n) is 3.56. The number of aromatic nitrogens is 2. The van der Waals surface area contributed by atoms with Crippen LogP contribution in [-0.2, 0) is 6.54 Å². The second-order valence-corrected chi connectivity index (χ2v) is 4.75. The van der Waals surface area contributed by atoms with Crippen LogP contribution in [0.3, 0.4) is 0 Å². The SMILES string of the molecule is CCn1ncc(Cl)c1C(NC)c1ccc(Br)o1. The Bertz CT molecular complexity index is 509. The van der Waals surface area contributed by atoms with Crippen molar-refractivity contribution in [1.82, 2.24) is 15.1 Å². The zero-order valence-corrected chi connectivity index (χ0v) is 11.9. The van der Waals surface area contributed by atoms with Gasteiger partial charge in [0, 0.05) is 6.54 Å². The molecule has 0 spiro atoms. The Morgan fingerprint density at radius 3 is 2.88 bits per heavy atom. The van der Waals surface area contributed by atoms with Gasteiger partial charge < -0.3 is 9.73 Å². The van der Waals surface area contributed by atoms with Crippen LogP contribution < -0.4 is 5.32 Å².